The zero-order valence-corrected chi connectivity index (χ0v) is 16.7. The summed E-state index contributed by atoms with van der Waals surface area (Å²) in [5.41, 5.74) is 2.74. The molecular formula is C20H15BrFN3OS. The molecule has 0 radical (unpaired) electrons. The van der Waals surface area contributed by atoms with Crippen molar-refractivity contribution >= 4 is 44.4 Å². The van der Waals surface area contributed by atoms with Crippen LogP contribution in [0, 0.1) is 18.2 Å². The molecule has 0 aliphatic carbocycles. The van der Waals surface area contributed by atoms with Crippen LogP contribution in [0.3, 0.4) is 0 Å². The zero-order chi connectivity index (χ0) is 19.1. The van der Waals surface area contributed by atoms with Crippen molar-refractivity contribution in [1.82, 2.24) is 4.98 Å². The lowest BCUT2D eigenvalue weighted by atomic mass is 10.1. The Morgan fingerprint density at radius 1 is 1.22 bits per heavy atom. The molecule has 0 spiro atoms. The quantitative estimate of drug-likeness (QED) is 0.538. The molecule has 0 fully saturated rings. The Bertz CT molecular complexity index is 1080. The van der Waals surface area contributed by atoms with Gasteiger partial charge in [0.2, 0.25) is 0 Å². The Balaban J connectivity index is 1.69. The first-order chi connectivity index (χ1) is 12.9. The number of aliphatic hydroxyl groups excluding tert-OH is 1. The monoisotopic (exact) mass is 443 g/mol. The van der Waals surface area contributed by atoms with Crippen LogP contribution in [0.2, 0.25) is 0 Å². The topological polar surface area (TPSA) is 60.2 Å². The minimum Gasteiger partial charge on any atom is -0.510 e. The second-order valence-corrected chi connectivity index (χ2v) is 8.29. The molecule has 2 heterocycles. The summed E-state index contributed by atoms with van der Waals surface area (Å²) in [6.07, 6.45) is 0. The van der Waals surface area contributed by atoms with Crippen LogP contribution in [0.25, 0.3) is 16.8 Å². The van der Waals surface area contributed by atoms with E-state index in [4.69, 9.17) is 5.41 Å². The van der Waals surface area contributed by atoms with E-state index < -0.39 is 0 Å². The number of rotatable bonds is 3. The lowest BCUT2D eigenvalue weighted by Gasteiger charge is -2.18. The van der Waals surface area contributed by atoms with Gasteiger partial charge in [-0.1, -0.05) is 34.1 Å². The SMILES string of the molecule is Cc1sc(C2=C(O)CN(c3cccc(F)c3)C2=N)nc1-c1ccc(Br)cc1. The van der Waals surface area contributed by atoms with Crippen LogP contribution < -0.4 is 4.90 Å². The maximum absolute atomic E-state index is 13.6. The molecule has 4 nitrogen and oxygen atoms in total. The molecular weight excluding hydrogens is 429 g/mol. The molecule has 2 N–H and O–H groups in total. The van der Waals surface area contributed by atoms with Gasteiger partial charge in [-0.15, -0.1) is 11.3 Å². The van der Waals surface area contributed by atoms with Gasteiger partial charge in [0.1, 0.15) is 22.4 Å². The summed E-state index contributed by atoms with van der Waals surface area (Å²) in [5, 5.41) is 19.6. The third-order valence-electron chi connectivity index (χ3n) is 4.35. The van der Waals surface area contributed by atoms with Crippen LogP contribution in [-0.2, 0) is 0 Å². The first kappa shape index (κ1) is 17.9. The summed E-state index contributed by atoms with van der Waals surface area (Å²) in [4.78, 5) is 7.26. The number of hydrogen-bond donors (Lipinski definition) is 2. The first-order valence-electron chi connectivity index (χ1n) is 8.22. The van der Waals surface area contributed by atoms with Gasteiger partial charge >= 0.3 is 0 Å². The molecule has 0 saturated heterocycles. The molecule has 4 rings (SSSR count). The summed E-state index contributed by atoms with van der Waals surface area (Å²) in [5.74, 6) is -0.189. The van der Waals surface area contributed by atoms with Crippen molar-refractivity contribution in [2.24, 2.45) is 0 Å². The zero-order valence-electron chi connectivity index (χ0n) is 14.3. The Hall–Kier alpha value is -2.51. The number of aryl methyl sites for hydroxylation is 1. The van der Waals surface area contributed by atoms with E-state index in [1.165, 1.54) is 23.5 Å². The van der Waals surface area contributed by atoms with E-state index in [0.717, 1.165) is 20.6 Å². The lowest BCUT2D eigenvalue weighted by Crippen LogP contribution is -2.26. The molecule has 1 aromatic heterocycles. The van der Waals surface area contributed by atoms with Crippen molar-refractivity contribution in [3.63, 3.8) is 0 Å². The van der Waals surface area contributed by atoms with Crippen LogP contribution in [0.15, 0.2) is 58.8 Å². The van der Waals surface area contributed by atoms with Crippen LogP contribution in [0.1, 0.15) is 9.88 Å². The number of nitrogens with zero attached hydrogens (tertiary/aromatic N) is 2. The van der Waals surface area contributed by atoms with Crippen molar-refractivity contribution in [3.8, 4) is 11.3 Å². The maximum atomic E-state index is 13.6. The first-order valence-corrected chi connectivity index (χ1v) is 9.83. The van der Waals surface area contributed by atoms with Gasteiger partial charge in [0.05, 0.1) is 17.8 Å². The Labute approximate surface area is 168 Å². The summed E-state index contributed by atoms with van der Waals surface area (Å²) in [6.45, 7) is 2.10. The van der Waals surface area contributed by atoms with Crippen LogP contribution >= 0.6 is 27.3 Å². The molecule has 1 aliphatic heterocycles. The fourth-order valence-electron chi connectivity index (χ4n) is 3.05. The largest absolute Gasteiger partial charge is 0.510 e. The van der Waals surface area contributed by atoms with E-state index in [-0.39, 0.29) is 24.0 Å². The number of thiazole rings is 1. The Morgan fingerprint density at radius 3 is 2.67 bits per heavy atom. The molecule has 0 amide bonds. The molecule has 0 saturated carbocycles. The fraction of sp³-hybridized carbons (Fsp3) is 0.100. The van der Waals surface area contributed by atoms with Crippen molar-refractivity contribution in [2.45, 2.75) is 6.92 Å². The number of nitrogens with one attached hydrogen (secondary N) is 1. The maximum Gasteiger partial charge on any atom is 0.139 e. The summed E-state index contributed by atoms with van der Waals surface area (Å²) in [7, 11) is 0. The summed E-state index contributed by atoms with van der Waals surface area (Å²) < 4.78 is 14.5. The third-order valence-corrected chi connectivity index (χ3v) is 5.87. The van der Waals surface area contributed by atoms with Crippen LogP contribution in [-0.4, -0.2) is 22.5 Å². The second-order valence-electron chi connectivity index (χ2n) is 6.17. The van der Waals surface area contributed by atoms with Gasteiger partial charge in [0, 0.05) is 20.6 Å². The number of anilines is 1. The number of aliphatic hydroxyl groups is 1. The molecule has 7 heteroatoms. The van der Waals surface area contributed by atoms with Crippen molar-refractivity contribution in [1.29, 1.82) is 5.41 Å². The van der Waals surface area contributed by atoms with E-state index in [1.54, 1.807) is 17.0 Å². The molecule has 136 valence electrons. The van der Waals surface area contributed by atoms with E-state index in [2.05, 4.69) is 20.9 Å². The molecule has 0 bridgehead atoms. The number of aromatic nitrogens is 1. The normalized spacial score (nSPS) is 14.3. The third kappa shape index (κ3) is 3.28. The van der Waals surface area contributed by atoms with Gasteiger partial charge in [-0.25, -0.2) is 9.37 Å². The lowest BCUT2D eigenvalue weighted by molar-refractivity contribution is 0.411. The van der Waals surface area contributed by atoms with Crippen molar-refractivity contribution < 1.29 is 9.50 Å². The highest BCUT2D eigenvalue weighted by Gasteiger charge is 2.32. The van der Waals surface area contributed by atoms with Gasteiger partial charge in [0.25, 0.3) is 0 Å². The predicted molar refractivity (Wildman–Crippen MR) is 111 cm³/mol. The predicted octanol–water partition coefficient (Wildman–Crippen LogP) is 5.79. The van der Waals surface area contributed by atoms with E-state index in [0.29, 0.717) is 16.3 Å². The molecule has 0 atom stereocenters. The number of halogens is 2. The van der Waals surface area contributed by atoms with Gasteiger partial charge in [0.15, 0.2) is 0 Å². The average molecular weight is 444 g/mol. The van der Waals surface area contributed by atoms with Gasteiger partial charge in [-0.2, -0.15) is 0 Å². The highest BCUT2D eigenvalue weighted by molar-refractivity contribution is 9.10. The van der Waals surface area contributed by atoms with Crippen molar-refractivity contribution in [2.75, 3.05) is 11.4 Å². The summed E-state index contributed by atoms with van der Waals surface area (Å²) in [6, 6.07) is 13.9. The fourth-order valence-corrected chi connectivity index (χ4v) is 4.32. The smallest absolute Gasteiger partial charge is 0.139 e. The number of amidine groups is 1. The van der Waals surface area contributed by atoms with Gasteiger partial charge < -0.3 is 10.0 Å². The summed E-state index contributed by atoms with van der Waals surface area (Å²) >= 11 is 4.86. The molecule has 27 heavy (non-hydrogen) atoms. The standard InChI is InChI=1S/C20H15BrFN3OS/c1-11-18(12-5-7-13(21)8-6-12)24-20(27-11)17-16(26)10-25(19(17)23)15-4-2-3-14(22)9-15/h2-9,23,26H,10H2,1H3. The minimum absolute atomic E-state index is 0.0698. The highest BCUT2D eigenvalue weighted by atomic mass is 79.9. The number of benzene rings is 2. The minimum atomic E-state index is -0.379. The molecule has 3 aromatic rings. The van der Waals surface area contributed by atoms with Crippen LogP contribution in [0.5, 0.6) is 0 Å². The van der Waals surface area contributed by atoms with Gasteiger partial charge in [-0.05, 0) is 37.3 Å². The Morgan fingerprint density at radius 2 is 1.96 bits per heavy atom. The second kappa shape index (κ2) is 6.90. The van der Waals surface area contributed by atoms with E-state index in [9.17, 15) is 9.50 Å². The molecule has 2 aromatic carbocycles. The Kier molecular flexibility index (Phi) is 4.57. The van der Waals surface area contributed by atoms with E-state index in [1.807, 2.05) is 31.2 Å². The molecule has 0 unspecified atom stereocenters. The molecule has 1 aliphatic rings. The van der Waals surface area contributed by atoms with Gasteiger partial charge in [-0.3, -0.25) is 5.41 Å². The number of hydrogen-bond acceptors (Lipinski definition) is 4. The average Bonchev–Trinajstić information content (AvgIpc) is 3.15. The van der Waals surface area contributed by atoms with Crippen molar-refractivity contribution in [3.05, 3.63) is 74.5 Å². The highest BCUT2D eigenvalue weighted by Crippen LogP contribution is 2.37. The van der Waals surface area contributed by atoms with E-state index >= 15 is 0 Å². The van der Waals surface area contributed by atoms with Crippen LogP contribution in [0.4, 0.5) is 10.1 Å².